The highest BCUT2D eigenvalue weighted by molar-refractivity contribution is 8.16. The molecule has 0 aliphatic rings. The minimum absolute atomic E-state index is 0.162. The molecule has 0 heterocycles. The third-order valence-electron chi connectivity index (χ3n) is 7.66. The van der Waals surface area contributed by atoms with Crippen LogP contribution in [-0.4, -0.2) is 62.1 Å². The zero-order valence-electron chi connectivity index (χ0n) is 28.8. The van der Waals surface area contributed by atoms with E-state index in [2.05, 4.69) is 0 Å². The van der Waals surface area contributed by atoms with E-state index >= 15 is 0 Å². The molecule has 274 valence electrons. The number of hydrogen-bond donors (Lipinski definition) is 0. The molecule has 0 bridgehead atoms. The normalized spacial score (nSPS) is 13.0. The van der Waals surface area contributed by atoms with Crippen LogP contribution in [0.5, 0.6) is 0 Å². The maximum atomic E-state index is 13.9. The average Bonchev–Trinajstić information content (AvgIpc) is 3.19. The number of carbonyl (C=O) groups is 3. The molecule has 0 saturated heterocycles. The first-order valence-corrected chi connectivity index (χ1v) is 20.5. The minimum Gasteiger partial charge on any atom is -0.459 e. The molecule has 9 nitrogen and oxygen atoms in total. The van der Waals surface area contributed by atoms with Gasteiger partial charge in [0.15, 0.2) is 18.3 Å². The molecule has 53 heavy (non-hydrogen) atoms. The van der Waals surface area contributed by atoms with Gasteiger partial charge in [-0.05, 0) is 47.5 Å². The van der Waals surface area contributed by atoms with E-state index in [9.17, 15) is 22.8 Å². The van der Waals surface area contributed by atoms with Crippen LogP contribution in [0.1, 0.15) is 42.2 Å². The molecular weight excluding hydrogens is 733 g/mol. The summed E-state index contributed by atoms with van der Waals surface area (Å²) in [5.41, 5.74) is 2.56. The third kappa shape index (κ3) is 12.6. The maximum Gasteiger partial charge on any atom is 0.338 e. The number of benzene rings is 5. The van der Waals surface area contributed by atoms with Crippen LogP contribution in [0, 0.1) is 0 Å². The number of ether oxygens (including phenoxy) is 3. The van der Waals surface area contributed by atoms with Gasteiger partial charge in [-0.1, -0.05) is 115 Å². The van der Waals surface area contributed by atoms with Gasteiger partial charge in [-0.15, -0.1) is 23.5 Å². The van der Waals surface area contributed by atoms with Gasteiger partial charge >= 0.3 is 17.9 Å². The molecule has 0 aromatic heterocycles. The fourth-order valence-corrected chi connectivity index (χ4v) is 8.43. The van der Waals surface area contributed by atoms with Crippen molar-refractivity contribution in [3.05, 3.63) is 179 Å². The van der Waals surface area contributed by atoms with Crippen molar-refractivity contribution in [3.63, 3.8) is 0 Å². The monoisotopic (exact) mass is 770 g/mol. The Labute approximate surface area is 318 Å². The standard InChI is InChI=1S/C41H38O9S3/c1-53(45,46)50-35(27-47-38(42)32-21-11-4-12-22-32)36(48-39(43)33-23-13-5-14-24-33)37(49-40(44)34-25-15-6-16-26-34)41(51-28-30-17-7-2-8-18-30)52-29-31-19-9-3-10-20-31/h2-26,35-37,41H,27-29H2,1H3/t35-,36-,37+/m0/s1. The van der Waals surface area contributed by atoms with Gasteiger partial charge in [0, 0.05) is 11.5 Å². The number of carbonyl (C=O) groups excluding carboxylic acids is 3. The molecule has 0 spiro atoms. The first kappa shape index (κ1) is 39.3. The Kier molecular flexibility index (Phi) is 14.7. The van der Waals surface area contributed by atoms with Crippen LogP contribution in [0.4, 0.5) is 0 Å². The molecule has 5 rings (SSSR count). The summed E-state index contributed by atoms with van der Waals surface area (Å²) in [6.07, 6.45) is -3.72. The molecule has 12 heteroatoms. The van der Waals surface area contributed by atoms with E-state index in [0.717, 1.165) is 17.4 Å². The second kappa shape index (κ2) is 19.8. The fourth-order valence-electron chi connectivity index (χ4n) is 5.12. The van der Waals surface area contributed by atoms with E-state index in [1.165, 1.54) is 35.7 Å². The van der Waals surface area contributed by atoms with E-state index in [0.29, 0.717) is 11.5 Å². The van der Waals surface area contributed by atoms with Crippen LogP contribution < -0.4 is 0 Å². The van der Waals surface area contributed by atoms with Gasteiger partial charge < -0.3 is 14.2 Å². The molecule has 0 radical (unpaired) electrons. The van der Waals surface area contributed by atoms with E-state index in [1.54, 1.807) is 78.9 Å². The summed E-state index contributed by atoms with van der Waals surface area (Å²) in [6, 6.07) is 43.8. The van der Waals surface area contributed by atoms with Crippen LogP contribution in [0.25, 0.3) is 0 Å². The van der Waals surface area contributed by atoms with Gasteiger partial charge in [0.05, 0.1) is 27.5 Å². The largest absolute Gasteiger partial charge is 0.459 e. The van der Waals surface area contributed by atoms with E-state index in [-0.39, 0.29) is 16.7 Å². The Morgan fingerprint density at radius 3 is 1.28 bits per heavy atom. The molecule has 5 aromatic rings. The quantitative estimate of drug-likeness (QED) is 0.0375. The van der Waals surface area contributed by atoms with Crippen molar-refractivity contribution in [2.24, 2.45) is 0 Å². The van der Waals surface area contributed by atoms with Crippen molar-refractivity contribution in [2.75, 3.05) is 12.9 Å². The van der Waals surface area contributed by atoms with Gasteiger partial charge in [-0.3, -0.25) is 4.18 Å². The second-order valence-electron chi connectivity index (χ2n) is 11.7. The lowest BCUT2D eigenvalue weighted by Gasteiger charge is -2.36. The van der Waals surface area contributed by atoms with Crippen molar-refractivity contribution in [2.45, 2.75) is 34.4 Å². The predicted octanol–water partition coefficient (Wildman–Crippen LogP) is 7.83. The SMILES string of the molecule is CS(=O)(=O)O[C@@H](COC(=O)c1ccccc1)[C@H](OC(=O)c1ccccc1)[C@@H](OC(=O)c1ccccc1)C(SCc1ccccc1)SCc1ccccc1. The smallest absolute Gasteiger partial charge is 0.338 e. The fraction of sp³-hybridized carbons (Fsp3) is 0.195. The van der Waals surface area contributed by atoms with Gasteiger partial charge in [-0.2, -0.15) is 8.42 Å². The van der Waals surface area contributed by atoms with Gasteiger partial charge in [0.2, 0.25) is 0 Å². The van der Waals surface area contributed by atoms with Crippen molar-refractivity contribution >= 4 is 51.5 Å². The highest BCUT2D eigenvalue weighted by Crippen LogP contribution is 2.37. The van der Waals surface area contributed by atoms with Gasteiger partial charge in [0.1, 0.15) is 6.61 Å². The summed E-state index contributed by atoms with van der Waals surface area (Å²) in [6.45, 7) is -0.660. The van der Waals surface area contributed by atoms with Crippen molar-refractivity contribution < 1.29 is 41.2 Å². The summed E-state index contributed by atoms with van der Waals surface area (Å²) in [5, 5.41) is 0. The first-order valence-electron chi connectivity index (χ1n) is 16.6. The Balaban J connectivity index is 1.60. The van der Waals surface area contributed by atoms with Crippen molar-refractivity contribution in [3.8, 4) is 0 Å². The summed E-state index contributed by atoms with van der Waals surface area (Å²) < 4.78 is 48.6. The van der Waals surface area contributed by atoms with Crippen LogP contribution in [-0.2, 0) is 40.0 Å². The molecule has 5 aromatic carbocycles. The Morgan fingerprint density at radius 1 is 0.528 bits per heavy atom. The summed E-state index contributed by atoms with van der Waals surface area (Å²) >= 11 is 2.86. The molecule has 0 aliphatic heterocycles. The molecule has 0 aliphatic carbocycles. The Morgan fingerprint density at radius 2 is 0.887 bits per heavy atom. The number of hydrogen-bond acceptors (Lipinski definition) is 11. The summed E-state index contributed by atoms with van der Waals surface area (Å²) in [5.74, 6) is -1.39. The molecule has 3 atom stereocenters. The van der Waals surface area contributed by atoms with E-state index in [1.807, 2.05) is 60.7 Å². The van der Waals surface area contributed by atoms with Crippen LogP contribution in [0.3, 0.4) is 0 Å². The highest BCUT2D eigenvalue weighted by Gasteiger charge is 2.44. The summed E-state index contributed by atoms with van der Waals surface area (Å²) in [7, 11) is -4.27. The Hall–Kier alpha value is -4.88. The van der Waals surface area contributed by atoms with Crippen molar-refractivity contribution in [1.82, 2.24) is 0 Å². The molecule has 0 saturated carbocycles. The molecule has 0 N–H and O–H groups in total. The average molecular weight is 771 g/mol. The van der Waals surface area contributed by atoms with E-state index < -0.39 is 57.5 Å². The molecule has 0 amide bonds. The molecular formula is C41H38O9S3. The zero-order valence-corrected chi connectivity index (χ0v) is 31.2. The maximum absolute atomic E-state index is 13.9. The summed E-state index contributed by atoms with van der Waals surface area (Å²) in [4.78, 5) is 40.9. The van der Waals surface area contributed by atoms with Gasteiger partial charge in [-0.25, -0.2) is 14.4 Å². The van der Waals surface area contributed by atoms with Crippen LogP contribution >= 0.6 is 23.5 Å². The number of rotatable bonds is 18. The highest BCUT2D eigenvalue weighted by atomic mass is 32.2. The number of esters is 3. The van der Waals surface area contributed by atoms with E-state index in [4.69, 9.17) is 18.4 Å². The predicted molar refractivity (Wildman–Crippen MR) is 207 cm³/mol. The first-order chi connectivity index (χ1) is 25.7. The zero-order chi connectivity index (χ0) is 37.5. The van der Waals surface area contributed by atoms with Crippen LogP contribution in [0.15, 0.2) is 152 Å². The van der Waals surface area contributed by atoms with Crippen LogP contribution in [0.2, 0.25) is 0 Å². The lowest BCUT2D eigenvalue weighted by Crippen LogP contribution is -2.51. The van der Waals surface area contributed by atoms with Crippen molar-refractivity contribution in [1.29, 1.82) is 0 Å². The lowest BCUT2D eigenvalue weighted by atomic mass is 10.1. The number of thioether (sulfide) groups is 2. The minimum atomic E-state index is -4.27. The topological polar surface area (TPSA) is 122 Å². The lowest BCUT2D eigenvalue weighted by molar-refractivity contribution is -0.0817. The molecule has 0 fully saturated rings. The van der Waals surface area contributed by atoms with Gasteiger partial charge in [0.25, 0.3) is 10.1 Å². The third-order valence-corrected chi connectivity index (χ3v) is 11.3. The molecule has 0 unspecified atom stereocenters. The second-order valence-corrected chi connectivity index (χ2v) is 15.9. The Bertz CT molecular complexity index is 1960.